The molecule has 2 aromatic rings. The van der Waals surface area contributed by atoms with Crippen molar-refractivity contribution in [2.75, 3.05) is 5.32 Å². The van der Waals surface area contributed by atoms with E-state index in [0.717, 1.165) is 16.8 Å². The molecule has 0 heterocycles. The SMILES string of the molecule is Cc1c(Cl)cccc1C(=O)Nc1cccc(CN)c1. The first kappa shape index (κ1) is 13.6. The van der Waals surface area contributed by atoms with E-state index >= 15 is 0 Å². The van der Waals surface area contributed by atoms with E-state index < -0.39 is 0 Å². The van der Waals surface area contributed by atoms with E-state index in [1.807, 2.05) is 31.2 Å². The molecule has 4 heteroatoms. The van der Waals surface area contributed by atoms with Crippen molar-refractivity contribution < 1.29 is 4.79 Å². The lowest BCUT2D eigenvalue weighted by Crippen LogP contribution is -2.13. The summed E-state index contributed by atoms with van der Waals surface area (Å²) in [6.45, 7) is 2.27. The number of anilines is 1. The van der Waals surface area contributed by atoms with Crippen LogP contribution in [0.2, 0.25) is 5.02 Å². The maximum atomic E-state index is 12.2. The summed E-state index contributed by atoms with van der Waals surface area (Å²) < 4.78 is 0. The number of nitrogens with two attached hydrogens (primary N) is 1. The molecule has 1 amide bonds. The average Bonchev–Trinajstić information content (AvgIpc) is 2.42. The number of amides is 1. The standard InChI is InChI=1S/C15H15ClN2O/c1-10-13(6-3-7-14(10)16)15(19)18-12-5-2-4-11(8-12)9-17/h2-8H,9,17H2,1H3,(H,18,19). The minimum atomic E-state index is -0.172. The van der Waals surface area contributed by atoms with Crippen molar-refractivity contribution in [2.24, 2.45) is 5.73 Å². The molecule has 0 spiro atoms. The highest BCUT2D eigenvalue weighted by atomic mass is 35.5. The maximum absolute atomic E-state index is 12.2. The van der Waals surface area contributed by atoms with Crippen LogP contribution in [0.1, 0.15) is 21.5 Å². The molecule has 0 radical (unpaired) electrons. The Balaban J connectivity index is 2.23. The van der Waals surface area contributed by atoms with Crippen molar-refractivity contribution >= 4 is 23.2 Å². The van der Waals surface area contributed by atoms with Gasteiger partial charge in [-0.25, -0.2) is 0 Å². The summed E-state index contributed by atoms with van der Waals surface area (Å²) in [5, 5.41) is 3.43. The number of hydrogen-bond acceptors (Lipinski definition) is 2. The van der Waals surface area contributed by atoms with Crippen LogP contribution in [0.4, 0.5) is 5.69 Å². The third kappa shape index (κ3) is 3.13. The van der Waals surface area contributed by atoms with Crippen molar-refractivity contribution in [3.63, 3.8) is 0 Å². The van der Waals surface area contributed by atoms with E-state index in [4.69, 9.17) is 17.3 Å². The first-order valence-electron chi connectivity index (χ1n) is 5.97. The predicted molar refractivity (Wildman–Crippen MR) is 78.5 cm³/mol. The molecule has 0 atom stereocenters. The zero-order valence-electron chi connectivity index (χ0n) is 10.6. The van der Waals surface area contributed by atoms with E-state index in [9.17, 15) is 4.79 Å². The Morgan fingerprint density at radius 3 is 2.74 bits per heavy atom. The summed E-state index contributed by atoms with van der Waals surface area (Å²) in [7, 11) is 0. The molecule has 19 heavy (non-hydrogen) atoms. The van der Waals surface area contributed by atoms with E-state index in [2.05, 4.69) is 5.32 Å². The lowest BCUT2D eigenvalue weighted by molar-refractivity contribution is 0.102. The minimum absolute atomic E-state index is 0.172. The highest BCUT2D eigenvalue weighted by Gasteiger charge is 2.11. The number of benzene rings is 2. The summed E-state index contributed by atoms with van der Waals surface area (Å²) >= 11 is 6.01. The van der Waals surface area contributed by atoms with Gasteiger partial charge in [-0.2, -0.15) is 0 Å². The predicted octanol–water partition coefficient (Wildman–Crippen LogP) is 3.36. The molecule has 0 aromatic heterocycles. The van der Waals surface area contributed by atoms with Crippen LogP contribution in [0.3, 0.4) is 0 Å². The Bertz CT molecular complexity index is 611. The smallest absolute Gasteiger partial charge is 0.255 e. The molecular weight excluding hydrogens is 260 g/mol. The van der Waals surface area contributed by atoms with Crippen molar-refractivity contribution in [3.05, 3.63) is 64.2 Å². The molecule has 0 aliphatic carbocycles. The molecule has 98 valence electrons. The van der Waals surface area contributed by atoms with Crippen molar-refractivity contribution in [2.45, 2.75) is 13.5 Å². The molecule has 2 rings (SSSR count). The normalized spacial score (nSPS) is 10.3. The van der Waals surface area contributed by atoms with Gasteiger partial charge in [0.05, 0.1) is 0 Å². The zero-order chi connectivity index (χ0) is 13.8. The molecule has 0 fully saturated rings. The maximum Gasteiger partial charge on any atom is 0.255 e. The van der Waals surface area contributed by atoms with E-state index in [-0.39, 0.29) is 5.91 Å². The summed E-state index contributed by atoms with van der Waals surface area (Å²) in [5.41, 5.74) is 8.63. The van der Waals surface area contributed by atoms with Gasteiger partial charge < -0.3 is 11.1 Å². The van der Waals surface area contributed by atoms with Crippen molar-refractivity contribution in [1.29, 1.82) is 0 Å². The third-order valence-corrected chi connectivity index (χ3v) is 3.34. The lowest BCUT2D eigenvalue weighted by atomic mass is 10.1. The average molecular weight is 275 g/mol. The van der Waals surface area contributed by atoms with Crippen LogP contribution in [0.5, 0.6) is 0 Å². The van der Waals surface area contributed by atoms with Crippen molar-refractivity contribution in [1.82, 2.24) is 0 Å². The fraction of sp³-hybridized carbons (Fsp3) is 0.133. The summed E-state index contributed by atoms with van der Waals surface area (Å²) in [5.74, 6) is -0.172. The second kappa shape index (κ2) is 5.87. The molecule has 0 saturated heterocycles. The molecule has 0 saturated carbocycles. The molecular formula is C15H15ClN2O. The van der Waals surface area contributed by atoms with Gasteiger partial charge in [-0.05, 0) is 42.3 Å². The number of rotatable bonds is 3. The molecule has 3 nitrogen and oxygen atoms in total. The van der Waals surface area contributed by atoms with Gasteiger partial charge in [0.15, 0.2) is 0 Å². The second-order valence-corrected chi connectivity index (χ2v) is 4.68. The topological polar surface area (TPSA) is 55.1 Å². The van der Waals surface area contributed by atoms with Crippen LogP contribution in [0, 0.1) is 6.92 Å². The van der Waals surface area contributed by atoms with E-state index in [1.54, 1.807) is 18.2 Å². The summed E-state index contributed by atoms with van der Waals surface area (Å²) in [6, 6.07) is 12.8. The van der Waals surface area contributed by atoms with Gasteiger partial charge in [0.25, 0.3) is 5.91 Å². The fourth-order valence-corrected chi connectivity index (χ4v) is 2.00. The Hall–Kier alpha value is -1.84. The van der Waals surface area contributed by atoms with Crippen molar-refractivity contribution in [3.8, 4) is 0 Å². The van der Waals surface area contributed by atoms with Crippen LogP contribution < -0.4 is 11.1 Å². The number of hydrogen-bond donors (Lipinski definition) is 2. The number of nitrogens with one attached hydrogen (secondary N) is 1. The first-order chi connectivity index (χ1) is 9.11. The number of halogens is 1. The monoisotopic (exact) mass is 274 g/mol. The van der Waals surface area contributed by atoms with Crippen LogP contribution >= 0.6 is 11.6 Å². The third-order valence-electron chi connectivity index (χ3n) is 2.93. The molecule has 0 unspecified atom stereocenters. The zero-order valence-corrected chi connectivity index (χ0v) is 11.4. The largest absolute Gasteiger partial charge is 0.326 e. The van der Waals surface area contributed by atoms with Gasteiger partial charge in [-0.15, -0.1) is 0 Å². The van der Waals surface area contributed by atoms with Gasteiger partial charge >= 0.3 is 0 Å². The molecule has 0 aliphatic heterocycles. The minimum Gasteiger partial charge on any atom is -0.326 e. The quantitative estimate of drug-likeness (QED) is 0.902. The summed E-state index contributed by atoms with van der Waals surface area (Å²) in [6.07, 6.45) is 0. The number of carbonyl (C=O) groups is 1. The number of carbonyl (C=O) groups excluding carboxylic acids is 1. The highest BCUT2D eigenvalue weighted by Crippen LogP contribution is 2.20. The molecule has 0 bridgehead atoms. The second-order valence-electron chi connectivity index (χ2n) is 4.27. The Morgan fingerprint density at radius 1 is 1.26 bits per heavy atom. The van der Waals surface area contributed by atoms with Crippen LogP contribution in [0.25, 0.3) is 0 Å². The summed E-state index contributed by atoms with van der Waals surface area (Å²) in [4.78, 5) is 12.2. The first-order valence-corrected chi connectivity index (χ1v) is 6.35. The Kier molecular flexibility index (Phi) is 4.20. The van der Waals surface area contributed by atoms with E-state index in [1.165, 1.54) is 0 Å². The molecule has 3 N–H and O–H groups in total. The Morgan fingerprint density at radius 2 is 2.00 bits per heavy atom. The van der Waals surface area contributed by atoms with Gasteiger partial charge in [0.1, 0.15) is 0 Å². The molecule has 2 aromatic carbocycles. The molecule has 0 aliphatic rings. The van der Waals surface area contributed by atoms with Gasteiger partial charge in [-0.3, -0.25) is 4.79 Å². The Labute approximate surface area is 117 Å². The highest BCUT2D eigenvalue weighted by molar-refractivity contribution is 6.32. The van der Waals surface area contributed by atoms with Gasteiger partial charge in [0, 0.05) is 22.8 Å². The van der Waals surface area contributed by atoms with Gasteiger partial charge in [-0.1, -0.05) is 29.8 Å². The van der Waals surface area contributed by atoms with E-state index in [0.29, 0.717) is 17.1 Å². The van der Waals surface area contributed by atoms with Crippen LogP contribution in [-0.2, 0) is 6.54 Å². The fourth-order valence-electron chi connectivity index (χ4n) is 1.83. The van der Waals surface area contributed by atoms with Gasteiger partial charge in [0.2, 0.25) is 0 Å². The van der Waals surface area contributed by atoms with Crippen LogP contribution in [0.15, 0.2) is 42.5 Å². The lowest BCUT2D eigenvalue weighted by Gasteiger charge is -2.09. The van der Waals surface area contributed by atoms with Crippen LogP contribution in [-0.4, -0.2) is 5.91 Å².